The Kier molecular flexibility index (Phi) is 2.49. The monoisotopic (exact) mass is 208 g/mol. The van der Waals surface area contributed by atoms with E-state index in [1.807, 2.05) is 0 Å². The predicted molar refractivity (Wildman–Crippen MR) is 49.5 cm³/mol. The van der Waals surface area contributed by atoms with Crippen LogP contribution in [0.25, 0.3) is 0 Å². The number of cyclic esters (lactones) is 2. The summed E-state index contributed by atoms with van der Waals surface area (Å²) in [6.07, 6.45) is 0.356. The van der Waals surface area contributed by atoms with Gasteiger partial charge in [0, 0.05) is 5.92 Å². The summed E-state index contributed by atoms with van der Waals surface area (Å²) in [5, 5.41) is 0. The zero-order valence-corrected chi connectivity index (χ0v) is 7.90. The number of benzene rings is 1. The molecule has 15 heavy (non-hydrogen) atoms. The summed E-state index contributed by atoms with van der Waals surface area (Å²) in [6, 6.07) is 5.82. The maximum Gasteiger partial charge on any atom is 0.314 e. The SMILES string of the molecule is O=C1CC(c2ccc(F)cc2)CC(=O)O1. The number of esters is 2. The molecule has 1 heterocycles. The molecule has 0 spiro atoms. The van der Waals surface area contributed by atoms with E-state index in [2.05, 4.69) is 4.74 Å². The lowest BCUT2D eigenvalue weighted by Crippen LogP contribution is -2.24. The van der Waals surface area contributed by atoms with Crippen LogP contribution in [-0.4, -0.2) is 11.9 Å². The molecule has 1 aromatic rings. The molecule has 2 rings (SSSR count). The van der Waals surface area contributed by atoms with Crippen molar-refractivity contribution in [2.75, 3.05) is 0 Å². The van der Waals surface area contributed by atoms with Gasteiger partial charge in [0.1, 0.15) is 5.82 Å². The molecule has 0 amide bonds. The predicted octanol–water partition coefficient (Wildman–Crippen LogP) is 1.77. The molecule has 1 aliphatic heterocycles. The van der Waals surface area contributed by atoms with Gasteiger partial charge in [-0.05, 0) is 17.7 Å². The highest BCUT2D eigenvalue weighted by Gasteiger charge is 2.28. The minimum absolute atomic E-state index is 0.178. The fourth-order valence-corrected chi connectivity index (χ4v) is 1.66. The average molecular weight is 208 g/mol. The summed E-state index contributed by atoms with van der Waals surface area (Å²) >= 11 is 0. The molecule has 0 bridgehead atoms. The lowest BCUT2D eigenvalue weighted by Gasteiger charge is -2.19. The highest BCUT2D eigenvalue weighted by Crippen LogP contribution is 2.28. The van der Waals surface area contributed by atoms with E-state index in [-0.39, 0.29) is 24.6 Å². The average Bonchev–Trinajstić information content (AvgIpc) is 2.17. The van der Waals surface area contributed by atoms with Gasteiger partial charge < -0.3 is 4.74 Å². The number of carbonyl (C=O) groups excluding carboxylic acids is 2. The molecule has 0 aromatic heterocycles. The molecule has 1 fully saturated rings. The summed E-state index contributed by atoms with van der Waals surface area (Å²) < 4.78 is 17.1. The van der Waals surface area contributed by atoms with Gasteiger partial charge in [0.15, 0.2) is 0 Å². The standard InChI is InChI=1S/C11H9FO3/c12-9-3-1-7(2-4-9)8-5-10(13)15-11(14)6-8/h1-4,8H,5-6H2. The van der Waals surface area contributed by atoms with Crippen LogP contribution in [0.5, 0.6) is 0 Å². The van der Waals surface area contributed by atoms with Crippen LogP contribution >= 0.6 is 0 Å². The molecule has 1 saturated heterocycles. The highest BCUT2D eigenvalue weighted by molar-refractivity contribution is 5.89. The molecule has 1 aromatic carbocycles. The molecule has 78 valence electrons. The van der Waals surface area contributed by atoms with Gasteiger partial charge in [0.25, 0.3) is 0 Å². The Morgan fingerprint density at radius 2 is 1.60 bits per heavy atom. The van der Waals surface area contributed by atoms with Crippen molar-refractivity contribution in [2.24, 2.45) is 0 Å². The minimum Gasteiger partial charge on any atom is -0.393 e. The van der Waals surface area contributed by atoms with Gasteiger partial charge >= 0.3 is 11.9 Å². The molecule has 0 N–H and O–H groups in total. The molecular formula is C11H9FO3. The Bertz CT molecular complexity index is 381. The van der Waals surface area contributed by atoms with Crippen molar-refractivity contribution in [1.29, 1.82) is 0 Å². The Balaban J connectivity index is 2.19. The third kappa shape index (κ3) is 2.21. The second kappa shape index (κ2) is 3.81. The number of hydrogen-bond acceptors (Lipinski definition) is 3. The summed E-state index contributed by atoms with van der Waals surface area (Å²) in [6.45, 7) is 0. The fraction of sp³-hybridized carbons (Fsp3) is 0.273. The first-order valence-corrected chi connectivity index (χ1v) is 4.64. The van der Waals surface area contributed by atoms with E-state index >= 15 is 0 Å². The van der Waals surface area contributed by atoms with E-state index < -0.39 is 11.9 Å². The molecule has 1 aliphatic rings. The maximum atomic E-state index is 12.6. The van der Waals surface area contributed by atoms with Gasteiger partial charge in [-0.15, -0.1) is 0 Å². The zero-order chi connectivity index (χ0) is 10.8. The van der Waals surface area contributed by atoms with Crippen molar-refractivity contribution in [3.63, 3.8) is 0 Å². The first kappa shape index (κ1) is 9.83. The van der Waals surface area contributed by atoms with Crippen molar-refractivity contribution in [1.82, 2.24) is 0 Å². The second-order valence-electron chi connectivity index (χ2n) is 3.50. The van der Waals surface area contributed by atoms with Gasteiger partial charge in [-0.1, -0.05) is 12.1 Å². The van der Waals surface area contributed by atoms with Crippen LogP contribution in [0.1, 0.15) is 24.3 Å². The Labute approximate surface area is 85.9 Å². The molecule has 0 saturated carbocycles. The van der Waals surface area contributed by atoms with Gasteiger partial charge in [-0.25, -0.2) is 4.39 Å². The van der Waals surface area contributed by atoms with E-state index in [1.54, 1.807) is 12.1 Å². The third-order valence-corrected chi connectivity index (χ3v) is 2.40. The summed E-state index contributed by atoms with van der Waals surface area (Å²) in [4.78, 5) is 22.0. The molecule has 0 unspecified atom stereocenters. The molecule has 0 atom stereocenters. The van der Waals surface area contributed by atoms with Gasteiger partial charge in [0.05, 0.1) is 12.8 Å². The number of rotatable bonds is 1. The number of hydrogen-bond donors (Lipinski definition) is 0. The third-order valence-electron chi connectivity index (χ3n) is 2.40. The number of ether oxygens (including phenoxy) is 1. The van der Waals surface area contributed by atoms with Crippen LogP contribution in [0.4, 0.5) is 4.39 Å². The Hall–Kier alpha value is -1.71. The molecule has 4 heteroatoms. The van der Waals surface area contributed by atoms with Crippen LogP contribution in [0, 0.1) is 5.82 Å². The number of carbonyl (C=O) groups is 2. The van der Waals surface area contributed by atoms with Crippen LogP contribution in [0.2, 0.25) is 0 Å². The minimum atomic E-state index is -0.513. The van der Waals surface area contributed by atoms with Crippen LogP contribution in [-0.2, 0) is 14.3 Å². The zero-order valence-electron chi connectivity index (χ0n) is 7.90. The van der Waals surface area contributed by atoms with Crippen LogP contribution in [0.3, 0.4) is 0 Å². The van der Waals surface area contributed by atoms with Gasteiger partial charge in [-0.3, -0.25) is 9.59 Å². The first-order valence-electron chi connectivity index (χ1n) is 4.64. The summed E-state index contributed by atoms with van der Waals surface area (Å²) in [5.41, 5.74) is 0.793. The first-order chi connectivity index (χ1) is 7.15. The van der Waals surface area contributed by atoms with E-state index in [0.29, 0.717) is 0 Å². The van der Waals surface area contributed by atoms with Crippen LogP contribution in [0.15, 0.2) is 24.3 Å². The lowest BCUT2D eigenvalue weighted by atomic mass is 9.91. The Morgan fingerprint density at radius 3 is 2.13 bits per heavy atom. The van der Waals surface area contributed by atoms with E-state index in [1.165, 1.54) is 12.1 Å². The quantitative estimate of drug-likeness (QED) is 0.521. The van der Waals surface area contributed by atoms with E-state index in [9.17, 15) is 14.0 Å². The van der Waals surface area contributed by atoms with Crippen molar-refractivity contribution in [3.05, 3.63) is 35.6 Å². The van der Waals surface area contributed by atoms with Crippen molar-refractivity contribution >= 4 is 11.9 Å². The van der Waals surface area contributed by atoms with Crippen molar-refractivity contribution < 1.29 is 18.7 Å². The van der Waals surface area contributed by atoms with E-state index in [4.69, 9.17) is 0 Å². The molecule has 0 radical (unpaired) electrons. The lowest BCUT2D eigenvalue weighted by molar-refractivity contribution is -0.163. The summed E-state index contributed by atoms with van der Waals surface area (Å²) in [7, 11) is 0. The fourth-order valence-electron chi connectivity index (χ4n) is 1.66. The van der Waals surface area contributed by atoms with Crippen LogP contribution < -0.4 is 0 Å². The topological polar surface area (TPSA) is 43.4 Å². The normalized spacial score (nSPS) is 17.7. The molecule has 0 aliphatic carbocycles. The second-order valence-corrected chi connectivity index (χ2v) is 3.50. The maximum absolute atomic E-state index is 12.6. The smallest absolute Gasteiger partial charge is 0.314 e. The summed E-state index contributed by atoms with van der Waals surface area (Å²) in [5.74, 6) is -1.54. The highest BCUT2D eigenvalue weighted by atomic mass is 19.1. The van der Waals surface area contributed by atoms with Crippen molar-refractivity contribution in [2.45, 2.75) is 18.8 Å². The van der Waals surface area contributed by atoms with Gasteiger partial charge in [0.2, 0.25) is 0 Å². The largest absolute Gasteiger partial charge is 0.393 e. The van der Waals surface area contributed by atoms with E-state index in [0.717, 1.165) is 5.56 Å². The van der Waals surface area contributed by atoms with Crippen molar-refractivity contribution in [3.8, 4) is 0 Å². The Morgan fingerprint density at radius 1 is 1.07 bits per heavy atom. The van der Waals surface area contributed by atoms with Gasteiger partial charge in [-0.2, -0.15) is 0 Å². The molecular weight excluding hydrogens is 199 g/mol. The number of halogens is 1. The molecule has 3 nitrogen and oxygen atoms in total.